The summed E-state index contributed by atoms with van der Waals surface area (Å²) >= 11 is 1.69. The SMILES string of the molecule is Cc1nc(-c2ccccc2)sc1C(C)N(C)C(=O)CCC1CCNC1.Cl.Cl. The Morgan fingerprint density at radius 1 is 1.33 bits per heavy atom. The molecule has 0 radical (unpaired) electrons. The van der Waals surface area contributed by atoms with Gasteiger partial charge in [-0.1, -0.05) is 30.3 Å². The van der Waals surface area contributed by atoms with Gasteiger partial charge in [-0.25, -0.2) is 4.98 Å². The Hall–Kier alpha value is -1.14. The van der Waals surface area contributed by atoms with Gasteiger partial charge in [0.25, 0.3) is 0 Å². The first-order valence-corrected chi connectivity index (χ1v) is 9.87. The predicted molar refractivity (Wildman–Crippen MR) is 118 cm³/mol. The summed E-state index contributed by atoms with van der Waals surface area (Å²) < 4.78 is 0. The summed E-state index contributed by atoms with van der Waals surface area (Å²) in [6.45, 7) is 6.29. The molecule has 2 unspecified atom stereocenters. The lowest BCUT2D eigenvalue weighted by Gasteiger charge is -2.25. The van der Waals surface area contributed by atoms with Crippen LogP contribution >= 0.6 is 36.2 Å². The van der Waals surface area contributed by atoms with Gasteiger partial charge in [-0.15, -0.1) is 36.2 Å². The molecule has 1 saturated heterocycles. The average molecular weight is 430 g/mol. The topological polar surface area (TPSA) is 45.2 Å². The summed E-state index contributed by atoms with van der Waals surface area (Å²) in [4.78, 5) is 20.4. The van der Waals surface area contributed by atoms with Crippen molar-refractivity contribution in [1.82, 2.24) is 15.2 Å². The van der Waals surface area contributed by atoms with E-state index in [1.807, 2.05) is 37.1 Å². The van der Waals surface area contributed by atoms with Crippen LogP contribution in [0.15, 0.2) is 30.3 Å². The Morgan fingerprint density at radius 2 is 2.04 bits per heavy atom. The number of carbonyl (C=O) groups is 1. The van der Waals surface area contributed by atoms with Gasteiger partial charge < -0.3 is 10.2 Å². The lowest BCUT2D eigenvalue weighted by molar-refractivity contribution is -0.132. The Bertz CT molecular complexity index is 717. The second-order valence-corrected chi connectivity index (χ2v) is 7.94. The molecule has 3 rings (SSSR count). The number of aromatic nitrogens is 1. The highest BCUT2D eigenvalue weighted by atomic mass is 35.5. The predicted octanol–water partition coefficient (Wildman–Crippen LogP) is 4.87. The zero-order valence-corrected chi connectivity index (χ0v) is 18.6. The number of nitrogens with zero attached hydrogens (tertiary/aromatic N) is 2. The largest absolute Gasteiger partial charge is 0.338 e. The third kappa shape index (κ3) is 5.92. The van der Waals surface area contributed by atoms with Crippen LogP contribution in [0.2, 0.25) is 0 Å². The van der Waals surface area contributed by atoms with Gasteiger partial charge >= 0.3 is 0 Å². The highest BCUT2D eigenvalue weighted by molar-refractivity contribution is 7.15. The normalized spacial score (nSPS) is 16.9. The zero-order chi connectivity index (χ0) is 17.8. The fraction of sp³-hybridized carbons (Fsp3) is 0.500. The number of hydrogen-bond donors (Lipinski definition) is 1. The van der Waals surface area contributed by atoms with Crippen LogP contribution < -0.4 is 5.32 Å². The molecule has 0 spiro atoms. The molecule has 1 fully saturated rings. The molecule has 1 amide bonds. The van der Waals surface area contributed by atoms with Crippen molar-refractivity contribution in [2.24, 2.45) is 5.92 Å². The van der Waals surface area contributed by atoms with E-state index in [1.165, 1.54) is 11.3 Å². The Kier molecular flexibility index (Phi) is 9.74. The molecule has 7 heteroatoms. The number of benzene rings is 1. The fourth-order valence-corrected chi connectivity index (χ4v) is 4.52. The molecule has 0 bridgehead atoms. The number of hydrogen-bond acceptors (Lipinski definition) is 4. The highest BCUT2D eigenvalue weighted by Gasteiger charge is 2.23. The van der Waals surface area contributed by atoms with E-state index in [-0.39, 0.29) is 36.8 Å². The molecule has 2 aromatic rings. The Morgan fingerprint density at radius 3 is 2.67 bits per heavy atom. The molecular weight excluding hydrogens is 401 g/mol. The van der Waals surface area contributed by atoms with Gasteiger partial charge in [-0.3, -0.25) is 4.79 Å². The first kappa shape index (κ1) is 23.9. The molecular formula is C20H29Cl2N3OS. The van der Waals surface area contributed by atoms with E-state index in [0.29, 0.717) is 12.3 Å². The molecule has 1 aromatic carbocycles. The van der Waals surface area contributed by atoms with Gasteiger partial charge in [-0.05, 0) is 45.7 Å². The fourth-order valence-electron chi connectivity index (χ4n) is 3.36. The summed E-state index contributed by atoms with van der Waals surface area (Å²) in [5, 5.41) is 4.39. The van der Waals surface area contributed by atoms with E-state index in [2.05, 4.69) is 24.4 Å². The molecule has 2 atom stereocenters. The van der Waals surface area contributed by atoms with Crippen molar-refractivity contribution < 1.29 is 4.79 Å². The van der Waals surface area contributed by atoms with E-state index >= 15 is 0 Å². The quantitative estimate of drug-likeness (QED) is 0.711. The van der Waals surface area contributed by atoms with Gasteiger partial charge in [0, 0.05) is 19.0 Å². The molecule has 1 N–H and O–H groups in total. The number of thiazole rings is 1. The molecule has 2 heterocycles. The van der Waals surface area contributed by atoms with Crippen molar-refractivity contribution in [3.63, 3.8) is 0 Å². The third-order valence-electron chi connectivity index (χ3n) is 5.14. The number of rotatable bonds is 6. The standard InChI is InChI=1S/C20H27N3OS.2ClH/c1-14-19(25-20(22-14)17-7-5-4-6-8-17)15(2)23(3)18(24)10-9-16-11-12-21-13-16;;/h4-8,15-16,21H,9-13H2,1-3H3;2*1H. The van der Waals surface area contributed by atoms with E-state index in [4.69, 9.17) is 4.98 Å². The number of halogens is 2. The van der Waals surface area contributed by atoms with Crippen molar-refractivity contribution >= 4 is 42.1 Å². The minimum atomic E-state index is 0. The Labute approximate surface area is 178 Å². The van der Waals surface area contributed by atoms with E-state index in [1.54, 1.807) is 11.3 Å². The summed E-state index contributed by atoms with van der Waals surface area (Å²) in [7, 11) is 1.92. The maximum atomic E-state index is 12.6. The molecule has 150 valence electrons. The average Bonchev–Trinajstić information content (AvgIpc) is 3.28. The van der Waals surface area contributed by atoms with E-state index in [9.17, 15) is 4.79 Å². The van der Waals surface area contributed by atoms with Crippen molar-refractivity contribution in [1.29, 1.82) is 0 Å². The molecule has 27 heavy (non-hydrogen) atoms. The smallest absolute Gasteiger partial charge is 0.222 e. The van der Waals surface area contributed by atoms with Crippen LogP contribution in [-0.4, -0.2) is 35.9 Å². The van der Waals surface area contributed by atoms with Crippen LogP contribution in [0.3, 0.4) is 0 Å². The van der Waals surface area contributed by atoms with Crippen LogP contribution in [0.1, 0.15) is 42.8 Å². The molecule has 1 aliphatic heterocycles. The van der Waals surface area contributed by atoms with Crippen LogP contribution in [0.4, 0.5) is 0 Å². The minimum Gasteiger partial charge on any atom is -0.338 e. The summed E-state index contributed by atoms with van der Waals surface area (Å²) in [6, 6.07) is 10.3. The highest BCUT2D eigenvalue weighted by Crippen LogP contribution is 2.34. The number of nitrogens with one attached hydrogen (secondary N) is 1. The molecule has 0 saturated carbocycles. The molecule has 0 aliphatic carbocycles. The maximum absolute atomic E-state index is 12.6. The van der Waals surface area contributed by atoms with E-state index < -0.39 is 0 Å². The van der Waals surface area contributed by atoms with Gasteiger partial charge in [0.2, 0.25) is 5.91 Å². The van der Waals surface area contributed by atoms with Crippen LogP contribution in [-0.2, 0) is 4.79 Å². The summed E-state index contributed by atoms with van der Waals surface area (Å²) in [6.07, 6.45) is 2.82. The second-order valence-electron chi connectivity index (χ2n) is 6.91. The second kappa shape index (κ2) is 11.0. The Balaban J connectivity index is 0.00000182. The van der Waals surface area contributed by atoms with Crippen molar-refractivity contribution in [3.05, 3.63) is 40.9 Å². The van der Waals surface area contributed by atoms with Crippen LogP contribution in [0.5, 0.6) is 0 Å². The lowest BCUT2D eigenvalue weighted by atomic mass is 10.0. The first-order chi connectivity index (χ1) is 12.1. The number of aryl methyl sites for hydroxylation is 1. The number of carbonyl (C=O) groups excluding carboxylic acids is 1. The van der Waals surface area contributed by atoms with Crippen LogP contribution in [0.25, 0.3) is 10.6 Å². The van der Waals surface area contributed by atoms with Crippen molar-refractivity contribution in [3.8, 4) is 10.6 Å². The van der Waals surface area contributed by atoms with Crippen LogP contribution in [0, 0.1) is 12.8 Å². The summed E-state index contributed by atoms with van der Waals surface area (Å²) in [5.74, 6) is 0.885. The maximum Gasteiger partial charge on any atom is 0.222 e. The van der Waals surface area contributed by atoms with E-state index in [0.717, 1.165) is 35.8 Å². The van der Waals surface area contributed by atoms with Gasteiger partial charge in [0.15, 0.2) is 0 Å². The number of amides is 1. The molecule has 1 aliphatic rings. The third-order valence-corrected chi connectivity index (χ3v) is 6.51. The monoisotopic (exact) mass is 429 g/mol. The van der Waals surface area contributed by atoms with Gasteiger partial charge in [-0.2, -0.15) is 0 Å². The molecule has 4 nitrogen and oxygen atoms in total. The lowest BCUT2D eigenvalue weighted by Crippen LogP contribution is -2.29. The van der Waals surface area contributed by atoms with Gasteiger partial charge in [0.05, 0.1) is 16.6 Å². The minimum absolute atomic E-state index is 0. The zero-order valence-electron chi connectivity index (χ0n) is 16.1. The van der Waals surface area contributed by atoms with Gasteiger partial charge in [0.1, 0.15) is 5.01 Å². The first-order valence-electron chi connectivity index (χ1n) is 9.05. The van der Waals surface area contributed by atoms with Crippen molar-refractivity contribution in [2.45, 2.75) is 39.2 Å². The van der Waals surface area contributed by atoms with Crippen molar-refractivity contribution in [2.75, 3.05) is 20.1 Å². The summed E-state index contributed by atoms with van der Waals surface area (Å²) in [5.41, 5.74) is 2.16. The molecule has 1 aromatic heterocycles.